The molecule has 3 aromatic rings. The van der Waals surface area contributed by atoms with Gasteiger partial charge >= 0.3 is 5.97 Å². The Morgan fingerprint density at radius 1 is 1.24 bits per heavy atom. The highest BCUT2D eigenvalue weighted by Crippen LogP contribution is 2.32. The lowest BCUT2D eigenvalue weighted by Crippen LogP contribution is -2.40. The molecule has 11 heteroatoms. The van der Waals surface area contributed by atoms with Crippen molar-refractivity contribution in [1.29, 1.82) is 0 Å². The quantitative estimate of drug-likeness (QED) is 0.415. The molecule has 1 aliphatic rings. The normalized spacial score (nSPS) is 15.4. The molecule has 192 valence electrons. The standard InChI is InChI=1S/C26H23BrClN3O5S/c1-13(2)36-25(34)22-14(3)30-26-31(23(22)16-5-7-17(28)8-6-16)24(33)20(37-26)11-15-4-9-19(18(27)10-15)35-12-21(29)32/h4-11,13,23H,12H2,1-3H3,(H2,29,32). The molecule has 1 amide bonds. The van der Waals surface area contributed by atoms with Crippen molar-refractivity contribution in [3.63, 3.8) is 0 Å². The summed E-state index contributed by atoms with van der Waals surface area (Å²) in [7, 11) is 0. The summed E-state index contributed by atoms with van der Waals surface area (Å²) in [5.74, 6) is -0.663. The second-order valence-corrected chi connectivity index (χ2v) is 10.8. The zero-order chi connectivity index (χ0) is 26.9. The van der Waals surface area contributed by atoms with E-state index in [0.717, 1.165) is 5.56 Å². The molecule has 1 aliphatic heterocycles. The fourth-order valence-corrected chi connectivity index (χ4v) is 5.53. The molecule has 0 saturated carbocycles. The summed E-state index contributed by atoms with van der Waals surface area (Å²) < 4.78 is 13.4. The molecule has 2 heterocycles. The van der Waals surface area contributed by atoms with Crippen LogP contribution in [0.1, 0.15) is 37.9 Å². The van der Waals surface area contributed by atoms with Crippen LogP contribution in [-0.2, 0) is 14.3 Å². The van der Waals surface area contributed by atoms with Crippen molar-refractivity contribution in [3.05, 3.63) is 94.0 Å². The Morgan fingerprint density at radius 2 is 1.95 bits per heavy atom. The number of halogens is 2. The number of carbonyl (C=O) groups is 2. The van der Waals surface area contributed by atoms with Gasteiger partial charge in [-0.25, -0.2) is 9.79 Å². The number of hydrogen-bond donors (Lipinski definition) is 1. The van der Waals surface area contributed by atoms with Crippen molar-refractivity contribution in [2.24, 2.45) is 10.7 Å². The van der Waals surface area contributed by atoms with Gasteiger partial charge in [0.05, 0.1) is 32.4 Å². The Labute approximate surface area is 229 Å². The van der Waals surface area contributed by atoms with Crippen LogP contribution in [0.5, 0.6) is 5.75 Å². The van der Waals surface area contributed by atoms with E-state index in [0.29, 0.717) is 41.4 Å². The minimum atomic E-state index is -0.724. The van der Waals surface area contributed by atoms with E-state index in [-0.39, 0.29) is 18.3 Å². The summed E-state index contributed by atoms with van der Waals surface area (Å²) in [6, 6.07) is 11.5. The zero-order valence-electron chi connectivity index (χ0n) is 20.2. The van der Waals surface area contributed by atoms with Crippen LogP contribution in [0.3, 0.4) is 0 Å². The Kier molecular flexibility index (Phi) is 8.01. The van der Waals surface area contributed by atoms with Crippen molar-refractivity contribution in [1.82, 2.24) is 4.57 Å². The predicted octanol–water partition coefficient (Wildman–Crippen LogP) is 3.47. The number of benzene rings is 2. The summed E-state index contributed by atoms with van der Waals surface area (Å²) in [6.07, 6.45) is 1.40. The molecule has 4 rings (SSSR count). The van der Waals surface area contributed by atoms with Crippen LogP contribution in [0, 0.1) is 0 Å². The van der Waals surface area contributed by atoms with Crippen molar-refractivity contribution in [2.75, 3.05) is 6.61 Å². The summed E-state index contributed by atoms with van der Waals surface area (Å²) >= 11 is 10.7. The van der Waals surface area contributed by atoms with E-state index in [1.54, 1.807) is 69.3 Å². The number of rotatable bonds is 7. The van der Waals surface area contributed by atoms with Gasteiger partial charge in [0, 0.05) is 5.02 Å². The lowest BCUT2D eigenvalue weighted by Gasteiger charge is -2.25. The highest BCUT2D eigenvalue weighted by atomic mass is 79.9. The maximum Gasteiger partial charge on any atom is 0.338 e. The highest BCUT2D eigenvalue weighted by molar-refractivity contribution is 9.10. The minimum absolute atomic E-state index is 0.248. The van der Waals surface area contributed by atoms with Gasteiger partial charge in [0.25, 0.3) is 11.5 Å². The lowest BCUT2D eigenvalue weighted by molar-refractivity contribution is -0.143. The van der Waals surface area contributed by atoms with Gasteiger partial charge < -0.3 is 15.2 Å². The van der Waals surface area contributed by atoms with E-state index in [1.165, 1.54) is 15.9 Å². The third-order valence-corrected chi connectivity index (χ3v) is 7.25. The molecule has 0 fully saturated rings. The first-order chi connectivity index (χ1) is 17.5. The molecule has 2 N–H and O–H groups in total. The van der Waals surface area contributed by atoms with Crippen LogP contribution in [0.2, 0.25) is 5.02 Å². The number of primary amides is 1. The van der Waals surface area contributed by atoms with Crippen LogP contribution in [0.15, 0.2) is 68.0 Å². The number of aromatic nitrogens is 1. The molecule has 0 saturated heterocycles. The van der Waals surface area contributed by atoms with Gasteiger partial charge in [-0.1, -0.05) is 41.1 Å². The maximum atomic E-state index is 13.7. The lowest BCUT2D eigenvalue weighted by atomic mass is 9.96. The van der Waals surface area contributed by atoms with Crippen molar-refractivity contribution in [2.45, 2.75) is 32.9 Å². The molecular formula is C26H23BrClN3O5S. The zero-order valence-corrected chi connectivity index (χ0v) is 23.3. The first kappa shape index (κ1) is 26.8. The van der Waals surface area contributed by atoms with Gasteiger partial charge in [0.15, 0.2) is 11.4 Å². The van der Waals surface area contributed by atoms with E-state index in [2.05, 4.69) is 20.9 Å². The van der Waals surface area contributed by atoms with Gasteiger partial charge in [-0.2, -0.15) is 0 Å². The number of thiazole rings is 1. The largest absolute Gasteiger partial charge is 0.483 e. The summed E-state index contributed by atoms with van der Waals surface area (Å²) in [6.45, 7) is 5.02. The molecule has 8 nitrogen and oxygen atoms in total. The minimum Gasteiger partial charge on any atom is -0.483 e. The van der Waals surface area contributed by atoms with Crippen LogP contribution in [-0.4, -0.2) is 29.2 Å². The van der Waals surface area contributed by atoms with Crippen molar-refractivity contribution < 1.29 is 19.1 Å². The summed E-state index contributed by atoms with van der Waals surface area (Å²) in [4.78, 5) is 42.9. The first-order valence-corrected chi connectivity index (χ1v) is 13.2. The van der Waals surface area contributed by atoms with Crippen LogP contribution in [0.4, 0.5) is 0 Å². The molecular weight excluding hydrogens is 582 g/mol. The second kappa shape index (κ2) is 11.0. The van der Waals surface area contributed by atoms with Gasteiger partial charge in [-0.3, -0.25) is 14.2 Å². The van der Waals surface area contributed by atoms with E-state index >= 15 is 0 Å². The van der Waals surface area contributed by atoms with Gasteiger partial charge in [0.1, 0.15) is 5.75 Å². The highest BCUT2D eigenvalue weighted by Gasteiger charge is 2.33. The number of ether oxygens (including phenoxy) is 2. The van der Waals surface area contributed by atoms with Crippen molar-refractivity contribution in [3.8, 4) is 5.75 Å². The monoisotopic (exact) mass is 603 g/mol. The van der Waals surface area contributed by atoms with Crippen molar-refractivity contribution >= 4 is 56.8 Å². The Balaban J connectivity index is 1.83. The van der Waals surface area contributed by atoms with E-state index in [1.807, 2.05) is 0 Å². The molecule has 1 atom stereocenters. The third-order valence-electron chi connectivity index (χ3n) is 5.39. The fraction of sp³-hybridized carbons (Fsp3) is 0.231. The maximum absolute atomic E-state index is 13.7. The van der Waals surface area contributed by atoms with E-state index < -0.39 is 17.9 Å². The number of fused-ring (bicyclic) bond motifs is 1. The SMILES string of the molecule is CC1=C(C(=O)OC(C)C)C(c2ccc(Cl)cc2)n2c(sc(=Cc3ccc(OCC(N)=O)c(Br)c3)c2=O)=N1. The third kappa shape index (κ3) is 5.87. The molecule has 37 heavy (non-hydrogen) atoms. The number of hydrogen-bond acceptors (Lipinski definition) is 7. The van der Waals surface area contributed by atoms with Gasteiger partial charge in [-0.05, 0) is 78.2 Å². The molecule has 0 bridgehead atoms. The summed E-state index contributed by atoms with van der Waals surface area (Å²) in [5.41, 5.74) is 7.06. The van der Waals surface area contributed by atoms with E-state index in [9.17, 15) is 14.4 Å². The van der Waals surface area contributed by atoms with Crippen LogP contribution < -0.4 is 25.4 Å². The topological polar surface area (TPSA) is 113 Å². The fourth-order valence-electron chi connectivity index (χ4n) is 3.84. The van der Waals surface area contributed by atoms with Gasteiger partial charge in [0.2, 0.25) is 0 Å². The molecule has 0 aliphatic carbocycles. The molecule has 1 aromatic heterocycles. The Morgan fingerprint density at radius 3 is 2.57 bits per heavy atom. The van der Waals surface area contributed by atoms with Crippen LogP contribution in [0.25, 0.3) is 6.08 Å². The number of nitrogens with zero attached hydrogens (tertiary/aromatic N) is 2. The smallest absolute Gasteiger partial charge is 0.338 e. The Bertz CT molecular complexity index is 1590. The molecule has 2 aromatic carbocycles. The number of esters is 1. The number of carbonyl (C=O) groups excluding carboxylic acids is 2. The average molecular weight is 605 g/mol. The molecule has 0 spiro atoms. The predicted molar refractivity (Wildman–Crippen MR) is 145 cm³/mol. The molecule has 0 radical (unpaired) electrons. The summed E-state index contributed by atoms with van der Waals surface area (Å²) in [5, 5.41) is 0.539. The Hall–Kier alpha value is -3.21. The average Bonchev–Trinajstić information content (AvgIpc) is 3.12. The first-order valence-electron chi connectivity index (χ1n) is 11.2. The second-order valence-electron chi connectivity index (χ2n) is 8.53. The van der Waals surface area contributed by atoms with Gasteiger partial charge in [-0.15, -0.1) is 0 Å². The molecule has 1 unspecified atom stereocenters. The number of nitrogens with two attached hydrogens (primary N) is 1. The van der Waals surface area contributed by atoms with Crippen LogP contribution >= 0.6 is 38.9 Å². The number of amides is 1. The van der Waals surface area contributed by atoms with E-state index in [4.69, 9.17) is 26.8 Å². The number of allylic oxidation sites excluding steroid dienone is 1.